The Morgan fingerprint density at radius 2 is 2.20 bits per heavy atom. The normalized spacial score (nSPS) is 25.3. The molecule has 0 aliphatic carbocycles. The van der Waals surface area contributed by atoms with Crippen LogP contribution in [0.25, 0.3) is 0 Å². The number of hydrogen-bond donors (Lipinski definition) is 0. The molecule has 2 nitrogen and oxygen atoms in total. The first-order chi connectivity index (χ1) is 7.36. The van der Waals surface area contributed by atoms with Crippen molar-refractivity contribution in [3.63, 3.8) is 0 Å². The van der Waals surface area contributed by atoms with Crippen molar-refractivity contribution >= 4 is 0 Å². The molecule has 1 aromatic carbocycles. The van der Waals surface area contributed by atoms with Crippen LogP contribution in [0.1, 0.15) is 11.5 Å². The predicted molar refractivity (Wildman–Crippen MR) is 60.4 cm³/mol. The fourth-order valence-corrected chi connectivity index (χ4v) is 2.10. The average molecular weight is 198 g/mol. The molecule has 2 rings (SSSR count). The molecular weight excluding hydrogens is 184 g/mol. The zero-order valence-corrected chi connectivity index (χ0v) is 8.63. The highest BCUT2D eigenvalue weighted by Crippen LogP contribution is 2.33. The Bertz CT molecular complexity index is 377. The smallest absolute Gasteiger partial charge is 0.106 e. The van der Waals surface area contributed by atoms with E-state index in [4.69, 9.17) is 5.26 Å². The van der Waals surface area contributed by atoms with Gasteiger partial charge in [0.2, 0.25) is 0 Å². The maximum atomic E-state index is 9.09. The van der Waals surface area contributed by atoms with Crippen LogP contribution in [-0.2, 0) is 0 Å². The van der Waals surface area contributed by atoms with E-state index in [1.54, 1.807) is 0 Å². The predicted octanol–water partition coefficient (Wildman–Crippen LogP) is 2.16. The van der Waals surface area contributed by atoms with Gasteiger partial charge in [0, 0.05) is 19.0 Å². The molecule has 1 aliphatic heterocycles. The molecule has 0 spiro atoms. The Balaban J connectivity index is 2.09. The number of hydrogen-bond acceptors (Lipinski definition) is 2. The molecule has 1 heterocycles. The minimum absolute atomic E-state index is 0.0189. The highest BCUT2D eigenvalue weighted by atomic mass is 15.2. The maximum Gasteiger partial charge on any atom is 0.106 e. The molecule has 1 fully saturated rings. The zero-order chi connectivity index (χ0) is 10.7. The lowest BCUT2D eigenvalue weighted by Gasteiger charge is -2.44. The third-order valence-corrected chi connectivity index (χ3v) is 2.93. The van der Waals surface area contributed by atoms with Gasteiger partial charge in [-0.15, -0.1) is 6.58 Å². The van der Waals surface area contributed by atoms with Crippen LogP contribution < -0.4 is 0 Å². The molecule has 76 valence electrons. The topological polar surface area (TPSA) is 27.0 Å². The quantitative estimate of drug-likeness (QED) is 0.696. The van der Waals surface area contributed by atoms with E-state index in [1.807, 2.05) is 24.3 Å². The summed E-state index contributed by atoms with van der Waals surface area (Å²) in [6.07, 6.45) is 1.85. The highest BCUT2D eigenvalue weighted by Gasteiger charge is 2.38. The van der Waals surface area contributed by atoms with Crippen LogP contribution in [0.4, 0.5) is 0 Å². The summed E-state index contributed by atoms with van der Waals surface area (Å²) >= 11 is 0. The lowest BCUT2D eigenvalue weighted by atomic mass is 9.83. The fraction of sp³-hybridized carbons (Fsp3) is 0.308. The van der Waals surface area contributed by atoms with Crippen molar-refractivity contribution in [2.75, 3.05) is 13.1 Å². The van der Waals surface area contributed by atoms with Gasteiger partial charge in [0.15, 0.2) is 0 Å². The first kappa shape index (κ1) is 9.95. The van der Waals surface area contributed by atoms with Crippen LogP contribution in [0.3, 0.4) is 0 Å². The van der Waals surface area contributed by atoms with Gasteiger partial charge >= 0.3 is 0 Å². The average Bonchev–Trinajstić information content (AvgIpc) is 2.25. The van der Waals surface area contributed by atoms with Crippen LogP contribution in [-0.4, -0.2) is 24.0 Å². The van der Waals surface area contributed by atoms with Crippen molar-refractivity contribution in [3.05, 3.63) is 48.6 Å². The third-order valence-electron chi connectivity index (χ3n) is 2.93. The van der Waals surface area contributed by atoms with Gasteiger partial charge in [-0.05, 0) is 5.56 Å². The molecule has 0 saturated carbocycles. The summed E-state index contributed by atoms with van der Waals surface area (Å²) < 4.78 is 0. The maximum absolute atomic E-state index is 9.09. The first-order valence-electron chi connectivity index (χ1n) is 5.16. The molecule has 0 N–H and O–H groups in total. The van der Waals surface area contributed by atoms with E-state index >= 15 is 0 Å². The Kier molecular flexibility index (Phi) is 2.84. The minimum Gasteiger partial charge on any atom is -0.283 e. The number of rotatable bonds is 3. The number of likely N-dealkylation sites (tertiary alicyclic amines) is 1. The third kappa shape index (κ3) is 1.79. The molecule has 15 heavy (non-hydrogen) atoms. The summed E-state index contributed by atoms with van der Waals surface area (Å²) in [7, 11) is 0. The summed E-state index contributed by atoms with van der Waals surface area (Å²) in [6, 6.07) is 12.6. The molecule has 2 heteroatoms. The highest BCUT2D eigenvalue weighted by molar-refractivity contribution is 5.28. The minimum atomic E-state index is 0.0189. The Labute approximate surface area is 90.4 Å². The molecule has 0 unspecified atom stereocenters. The first-order valence-corrected chi connectivity index (χ1v) is 5.16. The van der Waals surface area contributed by atoms with Gasteiger partial charge in [0.05, 0.1) is 6.07 Å². The van der Waals surface area contributed by atoms with E-state index in [9.17, 15) is 0 Å². The lowest BCUT2D eigenvalue weighted by Crippen LogP contribution is -2.53. The van der Waals surface area contributed by atoms with Crippen molar-refractivity contribution in [2.24, 2.45) is 0 Å². The largest absolute Gasteiger partial charge is 0.283 e. The van der Waals surface area contributed by atoms with Gasteiger partial charge < -0.3 is 0 Å². The molecule has 1 aromatic rings. The fourth-order valence-electron chi connectivity index (χ4n) is 2.10. The zero-order valence-electron chi connectivity index (χ0n) is 8.63. The van der Waals surface area contributed by atoms with Gasteiger partial charge in [-0.1, -0.05) is 36.4 Å². The van der Waals surface area contributed by atoms with Gasteiger partial charge in [-0.3, -0.25) is 4.90 Å². The summed E-state index contributed by atoms with van der Waals surface area (Å²) in [4.78, 5) is 2.14. The second-order valence-corrected chi connectivity index (χ2v) is 3.83. The molecule has 2 atom stereocenters. The van der Waals surface area contributed by atoms with Crippen LogP contribution in [0.15, 0.2) is 43.0 Å². The van der Waals surface area contributed by atoms with E-state index in [1.165, 1.54) is 5.56 Å². The lowest BCUT2D eigenvalue weighted by molar-refractivity contribution is 0.114. The molecule has 0 radical (unpaired) electrons. The Morgan fingerprint density at radius 3 is 2.80 bits per heavy atom. The molecule has 1 aliphatic rings. The van der Waals surface area contributed by atoms with E-state index in [0.29, 0.717) is 5.92 Å². The van der Waals surface area contributed by atoms with Crippen LogP contribution in [0, 0.1) is 11.3 Å². The van der Waals surface area contributed by atoms with Crippen molar-refractivity contribution < 1.29 is 0 Å². The van der Waals surface area contributed by atoms with Gasteiger partial charge in [-0.25, -0.2) is 0 Å². The number of nitriles is 1. The number of nitrogens with zero attached hydrogens (tertiary/aromatic N) is 2. The van der Waals surface area contributed by atoms with Gasteiger partial charge in [-0.2, -0.15) is 5.26 Å². The van der Waals surface area contributed by atoms with Crippen molar-refractivity contribution in [3.8, 4) is 6.07 Å². The monoisotopic (exact) mass is 198 g/mol. The van der Waals surface area contributed by atoms with Crippen molar-refractivity contribution in [2.45, 2.75) is 12.0 Å². The van der Waals surface area contributed by atoms with E-state index in [0.717, 1.165) is 13.1 Å². The molecule has 1 saturated heterocycles. The Morgan fingerprint density at radius 1 is 1.47 bits per heavy atom. The standard InChI is InChI=1S/C13H14N2/c1-2-8-15-10-12(13(15)9-14)11-6-4-3-5-7-11/h2-7,12-13H,1,8,10H2/t12-,13-/m0/s1. The molecule has 0 amide bonds. The van der Waals surface area contributed by atoms with Crippen molar-refractivity contribution in [1.29, 1.82) is 5.26 Å². The van der Waals surface area contributed by atoms with Crippen LogP contribution in [0.5, 0.6) is 0 Å². The van der Waals surface area contributed by atoms with Crippen LogP contribution in [0.2, 0.25) is 0 Å². The van der Waals surface area contributed by atoms with E-state index in [2.05, 4.69) is 29.7 Å². The van der Waals surface area contributed by atoms with E-state index in [-0.39, 0.29) is 6.04 Å². The van der Waals surface area contributed by atoms with Gasteiger partial charge in [0.25, 0.3) is 0 Å². The van der Waals surface area contributed by atoms with E-state index < -0.39 is 0 Å². The Hall–Kier alpha value is -1.59. The summed E-state index contributed by atoms with van der Waals surface area (Å²) in [5, 5.41) is 9.09. The van der Waals surface area contributed by atoms with Crippen molar-refractivity contribution in [1.82, 2.24) is 4.90 Å². The summed E-state index contributed by atoms with van der Waals surface area (Å²) in [5.41, 5.74) is 1.27. The summed E-state index contributed by atoms with van der Waals surface area (Å²) in [5.74, 6) is 0.371. The second kappa shape index (κ2) is 4.29. The van der Waals surface area contributed by atoms with Crippen LogP contribution >= 0.6 is 0 Å². The summed E-state index contributed by atoms with van der Waals surface area (Å²) in [6.45, 7) is 5.47. The molecular formula is C13H14N2. The molecule has 0 aromatic heterocycles. The van der Waals surface area contributed by atoms with Gasteiger partial charge in [0.1, 0.15) is 6.04 Å². The second-order valence-electron chi connectivity index (χ2n) is 3.83. The number of benzene rings is 1. The molecule has 0 bridgehead atoms. The SMILES string of the molecule is C=CCN1C[C@@H](c2ccccc2)[C@@H]1C#N.